The van der Waals surface area contributed by atoms with Crippen LogP contribution in [0.3, 0.4) is 0 Å². The van der Waals surface area contributed by atoms with E-state index in [2.05, 4.69) is 0 Å². The molecule has 2 rings (SSSR count). The van der Waals surface area contributed by atoms with E-state index < -0.39 is 23.5 Å². The zero-order chi connectivity index (χ0) is 14.7. The predicted octanol–water partition coefficient (Wildman–Crippen LogP) is 4.03. The van der Waals surface area contributed by atoms with Gasteiger partial charge in [-0.25, -0.2) is 8.78 Å². The van der Waals surface area contributed by atoms with E-state index in [1.807, 2.05) is 0 Å². The van der Waals surface area contributed by atoms with Crippen LogP contribution < -0.4 is 0 Å². The van der Waals surface area contributed by atoms with Gasteiger partial charge in [0.2, 0.25) is 0 Å². The van der Waals surface area contributed by atoms with Crippen molar-refractivity contribution in [3.63, 3.8) is 0 Å². The molecule has 0 aliphatic heterocycles. The zero-order valence-electron chi connectivity index (χ0n) is 10.3. The second-order valence-electron chi connectivity index (χ2n) is 4.38. The van der Waals surface area contributed by atoms with Crippen molar-refractivity contribution in [2.75, 3.05) is 0 Å². The van der Waals surface area contributed by atoms with E-state index in [0.29, 0.717) is 11.1 Å². The molecular formula is C15H11ClF2O2. The summed E-state index contributed by atoms with van der Waals surface area (Å²) in [6, 6.07) is 9.08. The molecule has 20 heavy (non-hydrogen) atoms. The minimum atomic E-state index is -1.04. The fraction of sp³-hybridized carbons (Fsp3) is 0.133. The lowest BCUT2D eigenvalue weighted by Gasteiger charge is -2.14. The third-order valence-electron chi connectivity index (χ3n) is 3.01. The average molecular weight is 297 g/mol. The van der Waals surface area contributed by atoms with Crippen molar-refractivity contribution in [1.29, 1.82) is 0 Å². The first-order chi connectivity index (χ1) is 9.47. The van der Waals surface area contributed by atoms with E-state index in [1.165, 1.54) is 36.4 Å². The Labute approximate surface area is 119 Å². The minimum absolute atomic E-state index is 0.111. The smallest absolute Gasteiger partial charge is 0.311 e. The second kappa shape index (κ2) is 6.01. The fourth-order valence-corrected chi connectivity index (χ4v) is 2.19. The van der Waals surface area contributed by atoms with Crippen molar-refractivity contribution < 1.29 is 18.7 Å². The summed E-state index contributed by atoms with van der Waals surface area (Å²) in [7, 11) is 0. The Bertz CT molecular complexity index is 626. The summed E-state index contributed by atoms with van der Waals surface area (Å²) in [5, 5.41) is 9.47. The normalized spacial score (nSPS) is 12.2. The molecule has 1 atom stereocenters. The number of rotatable bonds is 4. The van der Waals surface area contributed by atoms with Crippen LogP contribution in [-0.2, 0) is 11.2 Å². The molecule has 1 unspecified atom stereocenters. The highest BCUT2D eigenvalue weighted by Gasteiger charge is 2.21. The summed E-state index contributed by atoms with van der Waals surface area (Å²) >= 11 is 5.90. The Hall–Kier alpha value is -1.94. The van der Waals surface area contributed by atoms with Crippen LogP contribution in [0.2, 0.25) is 5.02 Å². The van der Waals surface area contributed by atoms with Crippen molar-refractivity contribution in [3.8, 4) is 0 Å². The van der Waals surface area contributed by atoms with Gasteiger partial charge in [-0.05, 0) is 41.8 Å². The van der Waals surface area contributed by atoms with E-state index in [0.717, 1.165) is 6.07 Å². The number of hydrogen-bond acceptors (Lipinski definition) is 1. The topological polar surface area (TPSA) is 37.3 Å². The van der Waals surface area contributed by atoms with Gasteiger partial charge in [-0.2, -0.15) is 0 Å². The van der Waals surface area contributed by atoms with Gasteiger partial charge < -0.3 is 5.11 Å². The highest BCUT2D eigenvalue weighted by atomic mass is 35.5. The molecule has 0 spiro atoms. The molecule has 0 aromatic heterocycles. The molecule has 5 heteroatoms. The molecule has 1 N–H and O–H groups in total. The standard InChI is InChI=1S/C15H11ClF2O2/c16-14-8-12(18)6-3-10(14)7-13(15(19)20)9-1-4-11(17)5-2-9/h1-6,8,13H,7H2,(H,19,20). The van der Waals surface area contributed by atoms with Crippen LogP contribution in [0.4, 0.5) is 8.78 Å². The van der Waals surface area contributed by atoms with Crippen molar-refractivity contribution in [1.82, 2.24) is 0 Å². The van der Waals surface area contributed by atoms with Gasteiger partial charge in [0.1, 0.15) is 11.6 Å². The molecule has 2 aromatic rings. The quantitative estimate of drug-likeness (QED) is 0.925. The number of carbonyl (C=O) groups is 1. The molecule has 0 saturated heterocycles. The van der Waals surface area contributed by atoms with Gasteiger partial charge in [0.15, 0.2) is 0 Å². The third-order valence-corrected chi connectivity index (χ3v) is 3.36. The third kappa shape index (κ3) is 3.33. The molecule has 0 fully saturated rings. The Balaban J connectivity index is 2.30. The number of carboxylic acids is 1. The molecule has 2 aromatic carbocycles. The summed E-state index contributed by atoms with van der Waals surface area (Å²) in [6.07, 6.45) is 0.111. The minimum Gasteiger partial charge on any atom is -0.481 e. The maximum absolute atomic E-state index is 13.0. The number of benzene rings is 2. The van der Waals surface area contributed by atoms with E-state index in [4.69, 9.17) is 11.6 Å². The van der Waals surface area contributed by atoms with E-state index in [9.17, 15) is 18.7 Å². The van der Waals surface area contributed by atoms with Crippen LogP contribution in [0.25, 0.3) is 0 Å². The lowest BCUT2D eigenvalue weighted by atomic mass is 9.92. The summed E-state index contributed by atoms with van der Waals surface area (Å²) in [4.78, 5) is 11.4. The van der Waals surface area contributed by atoms with Gasteiger partial charge in [-0.3, -0.25) is 4.79 Å². The van der Waals surface area contributed by atoms with Crippen molar-refractivity contribution in [2.45, 2.75) is 12.3 Å². The van der Waals surface area contributed by atoms with Gasteiger partial charge >= 0.3 is 5.97 Å². The van der Waals surface area contributed by atoms with Crippen LogP contribution in [0.1, 0.15) is 17.0 Å². The lowest BCUT2D eigenvalue weighted by molar-refractivity contribution is -0.138. The Morgan fingerprint density at radius 1 is 1.10 bits per heavy atom. The molecule has 2 nitrogen and oxygen atoms in total. The Kier molecular flexibility index (Phi) is 4.35. The van der Waals surface area contributed by atoms with E-state index in [-0.39, 0.29) is 11.4 Å². The van der Waals surface area contributed by atoms with Gasteiger partial charge in [0.25, 0.3) is 0 Å². The highest BCUT2D eigenvalue weighted by molar-refractivity contribution is 6.31. The van der Waals surface area contributed by atoms with Crippen molar-refractivity contribution in [2.24, 2.45) is 0 Å². The monoisotopic (exact) mass is 296 g/mol. The number of carboxylic acid groups (broad SMARTS) is 1. The van der Waals surface area contributed by atoms with Gasteiger partial charge in [-0.1, -0.05) is 29.8 Å². The van der Waals surface area contributed by atoms with Crippen LogP contribution in [-0.4, -0.2) is 11.1 Å². The van der Waals surface area contributed by atoms with Crippen LogP contribution in [0.5, 0.6) is 0 Å². The first kappa shape index (κ1) is 14.5. The van der Waals surface area contributed by atoms with E-state index in [1.54, 1.807) is 0 Å². The molecule has 0 aliphatic rings. The maximum Gasteiger partial charge on any atom is 0.311 e. The summed E-state index contributed by atoms with van der Waals surface area (Å²) in [5.41, 5.74) is 1.00. The SMILES string of the molecule is O=C(O)C(Cc1ccc(F)cc1Cl)c1ccc(F)cc1. The van der Waals surface area contributed by atoms with Gasteiger partial charge in [-0.15, -0.1) is 0 Å². The fourth-order valence-electron chi connectivity index (χ4n) is 1.95. The first-order valence-corrected chi connectivity index (χ1v) is 6.27. The highest BCUT2D eigenvalue weighted by Crippen LogP contribution is 2.26. The number of hydrogen-bond donors (Lipinski definition) is 1. The van der Waals surface area contributed by atoms with Crippen molar-refractivity contribution >= 4 is 17.6 Å². The molecule has 0 aliphatic carbocycles. The number of halogens is 3. The molecule has 0 heterocycles. The Morgan fingerprint density at radius 3 is 2.25 bits per heavy atom. The summed E-state index contributed by atoms with van der Waals surface area (Å²) in [5.74, 6) is -2.82. The largest absolute Gasteiger partial charge is 0.481 e. The van der Waals surface area contributed by atoms with E-state index >= 15 is 0 Å². The van der Waals surface area contributed by atoms with Crippen LogP contribution >= 0.6 is 11.6 Å². The average Bonchev–Trinajstić information content (AvgIpc) is 2.39. The number of aliphatic carboxylic acids is 1. The first-order valence-electron chi connectivity index (χ1n) is 5.89. The Morgan fingerprint density at radius 2 is 1.70 bits per heavy atom. The van der Waals surface area contributed by atoms with Gasteiger partial charge in [0.05, 0.1) is 5.92 Å². The van der Waals surface area contributed by atoms with Gasteiger partial charge in [0, 0.05) is 5.02 Å². The molecule has 0 bridgehead atoms. The molecule has 0 radical (unpaired) electrons. The molecule has 0 amide bonds. The summed E-state index contributed by atoms with van der Waals surface area (Å²) < 4.78 is 25.8. The molecule has 104 valence electrons. The predicted molar refractivity (Wildman–Crippen MR) is 71.9 cm³/mol. The van der Waals surface area contributed by atoms with Crippen LogP contribution in [0.15, 0.2) is 42.5 Å². The van der Waals surface area contributed by atoms with Crippen molar-refractivity contribution in [3.05, 3.63) is 70.2 Å². The maximum atomic E-state index is 13.0. The second-order valence-corrected chi connectivity index (χ2v) is 4.79. The molecular weight excluding hydrogens is 286 g/mol. The van der Waals surface area contributed by atoms with Crippen LogP contribution in [0, 0.1) is 11.6 Å². The lowest BCUT2D eigenvalue weighted by Crippen LogP contribution is -2.14. The summed E-state index contributed by atoms with van der Waals surface area (Å²) in [6.45, 7) is 0. The zero-order valence-corrected chi connectivity index (χ0v) is 11.1. The molecule has 0 saturated carbocycles.